The summed E-state index contributed by atoms with van der Waals surface area (Å²) < 4.78 is 40.5. The second kappa shape index (κ2) is 28.0. The first-order valence-electron chi connectivity index (χ1n) is 27.0. The highest BCUT2D eigenvalue weighted by Gasteiger charge is 2.37. The zero-order valence-electron chi connectivity index (χ0n) is 45.8. The van der Waals surface area contributed by atoms with E-state index in [9.17, 15) is 51.5 Å². The van der Waals surface area contributed by atoms with Crippen LogP contribution >= 0.6 is 0 Å². The van der Waals surface area contributed by atoms with Crippen molar-refractivity contribution in [3.63, 3.8) is 0 Å². The van der Waals surface area contributed by atoms with Crippen molar-refractivity contribution >= 4 is 58.2 Å². The number of rotatable bonds is 27. The monoisotopic (exact) mass is 1130 g/mol. The van der Waals surface area contributed by atoms with Gasteiger partial charge in [-0.05, 0) is 67.9 Å². The number of hydrogen-bond donors (Lipinski definition) is 11. The third-order valence-corrected chi connectivity index (χ3v) is 14.2. The number of nitrogens with one attached hydrogen (secondary N) is 10. The van der Waals surface area contributed by atoms with Crippen molar-refractivity contribution in [2.45, 2.75) is 127 Å². The number of H-pyrrole nitrogens is 3. The van der Waals surface area contributed by atoms with Crippen molar-refractivity contribution in [3.05, 3.63) is 144 Å². The summed E-state index contributed by atoms with van der Waals surface area (Å²) in [6, 6.07) is 12.2. The average molecular weight is 1140 g/mol. The van der Waals surface area contributed by atoms with Gasteiger partial charge in [0.15, 0.2) is 0 Å². The summed E-state index contributed by atoms with van der Waals surface area (Å²) in [6.45, 7) is 6.79. The normalized spacial score (nSPS) is 16.0. The van der Waals surface area contributed by atoms with E-state index in [1.54, 1.807) is 31.0 Å². The van der Waals surface area contributed by atoms with Crippen molar-refractivity contribution in [2.75, 3.05) is 13.1 Å². The number of halogens is 3. The molecule has 22 nitrogen and oxygen atoms in total. The van der Waals surface area contributed by atoms with Gasteiger partial charge in [-0.3, -0.25) is 38.4 Å². The van der Waals surface area contributed by atoms with Crippen LogP contribution in [0.15, 0.2) is 110 Å². The van der Waals surface area contributed by atoms with E-state index in [1.807, 2.05) is 48.5 Å². The lowest BCUT2D eigenvalue weighted by molar-refractivity contribution is -0.138. The molecule has 12 N–H and O–H groups in total. The van der Waals surface area contributed by atoms with E-state index in [0.717, 1.165) is 28.6 Å². The van der Waals surface area contributed by atoms with Crippen LogP contribution in [0.3, 0.4) is 0 Å². The molecule has 82 heavy (non-hydrogen) atoms. The average Bonchev–Trinajstić information content (AvgIpc) is 4.47. The molecular weight excluding hydrogens is 1070 g/mol. The fourth-order valence-electron chi connectivity index (χ4n) is 9.73. The molecule has 0 bridgehead atoms. The predicted octanol–water partition coefficient (Wildman–Crippen LogP) is 2.19. The molecule has 0 aliphatic carbocycles. The molecule has 1 aliphatic rings. The third kappa shape index (κ3) is 16.8. The lowest BCUT2D eigenvalue weighted by Crippen LogP contribution is -2.60. The summed E-state index contributed by atoms with van der Waals surface area (Å²) in [7, 11) is 0. The van der Waals surface area contributed by atoms with Crippen molar-refractivity contribution in [1.82, 2.24) is 67.0 Å². The van der Waals surface area contributed by atoms with Gasteiger partial charge < -0.3 is 62.8 Å². The number of nitrogens with zero attached hydrogens (tertiary/aromatic N) is 3. The minimum atomic E-state index is -4.65. The Bertz CT molecular complexity index is 3150. The Morgan fingerprint density at radius 2 is 1.24 bits per heavy atom. The molecule has 8 amide bonds. The maximum atomic E-state index is 14.4. The topological polar surface area (TPSA) is 323 Å². The number of nitrogens with two attached hydrogens (primary N) is 1. The molecule has 3 aromatic heterocycles. The number of amides is 8. The summed E-state index contributed by atoms with van der Waals surface area (Å²) in [4.78, 5) is 129. The van der Waals surface area contributed by atoms with Gasteiger partial charge in [-0.1, -0.05) is 80.6 Å². The fraction of sp³-hybridized carbons (Fsp3) is 0.404. The van der Waals surface area contributed by atoms with Gasteiger partial charge in [-0.15, -0.1) is 0 Å². The van der Waals surface area contributed by atoms with Crippen LogP contribution in [-0.4, -0.2) is 139 Å². The highest BCUT2D eigenvalue weighted by Crippen LogP contribution is 2.30. The zero-order valence-corrected chi connectivity index (χ0v) is 45.8. The molecule has 25 heteroatoms. The van der Waals surface area contributed by atoms with Crippen LogP contribution in [0.2, 0.25) is 0 Å². The first-order chi connectivity index (χ1) is 39.1. The molecule has 0 radical (unpaired) electrons. The Morgan fingerprint density at radius 1 is 0.646 bits per heavy atom. The highest BCUT2D eigenvalue weighted by molar-refractivity contribution is 5.97. The number of aromatic nitrogens is 5. The number of carbonyl (C=O) groups is 8. The summed E-state index contributed by atoms with van der Waals surface area (Å²) in [6.07, 6.45) is 3.68. The summed E-state index contributed by atoms with van der Waals surface area (Å²) >= 11 is 0. The Kier molecular flexibility index (Phi) is 20.8. The van der Waals surface area contributed by atoms with Gasteiger partial charge in [0.1, 0.15) is 36.3 Å². The molecule has 8 atom stereocenters. The second-order valence-corrected chi connectivity index (χ2v) is 20.8. The van der Waals surface area contributed by atoms with Crippen LogP contribution in [0.1, 0.15) is 74.2 Å². The molecule has 0 unspecified atom stereocenters. The molecule has 6 aromatic rings. The largest absolute Gasteiger partial charge is 0.416 e. The highest BCUT2D eigenvalue weighted by atomic mass is 19.4. The number of imidazole rings is 2. The molecule has 1 saturated heterocycles. The van der Waals surface area contributed by atoms with E-state index >= 15 is 0 Å². The molecule has 0 saturated carbocycles. The van der Waals surface area contributed by atoms with Crippen LogP contribution < -0.4 is 43.0 Å². The van der Waals surface area contributed by atoms with Crippen molar-refractivity contribution < 1.29 is 51.5 Å². The Hall–Kier alpha value is -8.87. The first-order valence-corrected chi connectivity index (χ1v) is 27.0. The van der Waals surface area contributed by atoms with Gasteiger partial charge >= 0.3 is 6.18 Å². The number of fused-ring (bicyclic) bond motifs is 1. The van der Waals surface area contributed by atoms with Crippen molar-refractivity contribution in [3.8, 4) is 0 Å². The van der Waals surface area contributed by atoms with Crippen LogP contribution in [0.4, 0.5) is 13.2 Å². The number of para-hydroxylation sites is 1. The maximum Gasteiger partial charge on any atom is 0.416 e. The SMILES string of the molecule is CC(C)[C@H](NC(=O)[C@H](C)NC(=O)[C@H](Cc1c[nH]c2ccccc12)NC(=O)[C@H](Cc1cnc[nH]1)NC(=O)Cc1cccc(C(F)(F)F)c1)C(=O)N[C@H](C)C(=O)N[C@@H](Cc1cnc[nH]1)C(=O)N1CCC[C@@H]1CN[C@@H](Cc1ccccc1)C(N)=O. The van der Waals surface area contributed by atoms with Crippen molar-refractivity contribution in [2.24, 2.45) is 11.7 Å². The molecule has 3 aromatic carbocycles. The lowest BCUT2D eigenvalue weighted by atomic mass is 10.0. The summed E-state index contributed by atoms with van der Waals surface area (Å²) in [5.74, 6) is -6.14. The van der Waals surface area contributed by atoms with E-state index in [0.29, 0.717) is 42.8 Å². The number of hydrogen-bond acceptors (Lipinski definition) is 11. The van der Waals surface area contributed by atoms with Crippen molar-refractivity contribution in [1.29, 1.82) is 0 Å². The van der Waals surface area contributed by atoms with Gasteiger partial charge in [0, 0.05) is 79.3 Å². The minimum absolute atomic E-state index is 0.0368. The second-order valence-electron chi connectivity index (χ2n) is 20.8. The number of alkyl halides is 3. The van der Waals surface area contributed by atoms with E-state index in [2.05, 4.69) is 62.1 Å². The molecule has 7 rings (SSSR count). The molecule has 1 fully saturated rings. The van der Waals surface area contributed by atoms with Crippen LogP contribution in [0.5, 0.6) is 0 Å². The Morgan fingerprint density at radius 3 is 1.89 bits per heavy atom. The first kappa shape index (κ1) is 60.8. The van der Waals surface area contributed by atoms with E-state index in [4.69, 9.17) is 5.73 Å². The van der Waals surface area contributed by atoms with Gasteiger partial charge in [0.25, 0.3) is 0 Å². The quantitative estimate of drug-likeness (QED) is 0.0355. The van der Waals surface area contributed by atoms with Gasteiger partial charge in [0.2, 0.25) is 47.3 Å². The smallest absolute Gasteiger partial charge is 0.368 e. The lowest BCUT2D eigenvalue weighted by Gasteiger charge is -2.31. The van der Waals surface area contributed by atoms with E-state index < -0.39 is 108 Å². The standard InChI is InChI=1S/C57H69F3N14O8/c1-32(2)49(55(81)69-33(3)51(77)72-47(25-40-28-63-31-67-40)56(82)74-19-11-16-41(74)29-65-44(50(61)76)21-35-12-6-5-7-13-35)73-52(78)34(4)68-53(79)45(23-37-26-64-43-18-9-8-17-42(37)43)71-54(80)46(24-39-27-62-30-66-39)70-48(75)22-36-14-10-15-38(20-36)57(58,59)60/h5-10,12-15,17-18,20,26-28,30-34,41,44-47,49,64-65H,11,16,19,21-25,29H2,1-4H3,(H2,61,76)(H,62,66)(H,63,67)(H,68,79)(H,69,81)(H,70,75)(H,71,80)(H,72,77)(H,73,78)/t33-,34+,41-,44+,45+,46+,47+,49+/m1/s1. The molecular formula is C57H69F3N14O8. The van der Waals surface area contributed by atoms with Gasteiger partial charge in [-0.25, -0.2) is 9.97 Å². The van der Waals surface area contributed by atoms with E-state index in [1.165, 1.54) is 51.0 Å². The van der Waals surface area contributed by atoms with E-state index in [-0.39, 0.29) is 43.3 Å². The predicted molar refractivity (Wildman–Crippen MR) is 295 cm³/mol. The molecule has 4 heterocycles. The Labute approximate surface area is 470 Å². The van der Waals surface area contributed by atoms with Crippen LogP contribution in [0, 0.1) is 5.92 Å². The summed E-state index contributed by atoms with van der Waals surface area (Å²) in [5.41, 5.74) is 8.09. The Balaban J connectivity index is 0.994. The minimum Gasteiger partial charge on any atom is -0.368 e. The summed E-state index contributed by atoms with van der Waals surface area (Å²) in [5, 5.41) is 20.0. The van der Waals surface area contributed by atoms with Crippen LogP contribution in [-0.2, 0) is 76.6 Å². The number of likely N-dealkylation sites (tertiary alicyclic amines) is 1. The van der Waals surface area contributed by atoms with Gasteiger partial charge in [0.05, 0.1) is 30.7 Å². The molecule has 0 spiro atoms. The third-order valence-electron chi connectivity index (χ3n) is 14.2. The zero-order chi connectivity index (χ0) is 59.1. The van der Waals surface area contributed by atoms with Gasteiger partial charge in [-0.2, -0.15) is 13.2 Å². The molecule has 436 valence electrons. The number of carbonyl (C=O) groups excluding carboxylic acids is 8. The number of primary amides is 1. The number of aromatic amines is 3. The maximum absolute atomic E-state index is 14.4. The van der Waals surface area contributed by atoms with Crippen LogP contribution in [0.25, 0.3) is 10.9 Å². The number of benzene rings is 3. The molecule has 1 aliphatic heterocycles. The fourth-order valence-corrected chi connectivity index (χ4v) is 9.73.